The first-order valence-electron chi connectivity index (χ1n) is 5.02. The summed E-state index contributed by atoms with van der Waals surface area (Å²) in [7, 11) is 0. The number of nitrogens with zero attached hydrogens (tertiary/aromatic N) is 1. The summed E-state index contributed by atoms with van der Waals surface area (Å²) in [4.78, 5) is 2.50. The minimum atomic E-state index is 1.03. The van der Waals surface area contributed by atoms with Gasteiger partial charge in [-0.2, -0.15) is 0 Å². The van der Waals surface area contributed by atoms with Crippen molar-refractivity contribution >= 4 is 0 Å². The van der Waals surface area contributed by atoms with E-state index in [4.69, 9.17) is 0 Å². The van der Waals surface area contributed by atoms with E-state index in [0.717, 1.165) is 5.92 Å². The second kappa shape index (κ2) is 3.57. The zero-order valence-electron chi connectivity index (χ0n) is 7.26. The summed E-state index contributed by atoms with van der Waals surface area (Å²) >= 11 is 0. The molecule has 0 aromatic carbocycles. The molecular weight excluding hydrogens is 134 g/mol. The highest BCUT2D eigenvalue weighted by Crippen LogP contribution is 2.26. The molecule has 1 saturated heterocycles. The minimum absolute atomic E-state index is 1.03. The Balaban J connectivity index is 1.67. The smallest absolute Gasteiger partial charge is 0.0264 e. The normalized spacial score (nSPS) is 28.4. The van der Waals surface area contributed by atoms with Gasteiger partial charge in [-0.1, -0.05) is 19.3 Å². The van der Waals surface area contributed by atoms with Gasteiger partial charge < -0.3 is 0 Å². The molecule has 2 rings (SSSR count). The molecule has 1 heterocycles. The van der Waals surface area contributed by atoms with E-state index < -0.39 is 0 Å². The van der Waals surface area contributed by atoms with Crippen LogP contribution in [0.4, 0.5) is 0 Å². The Kier molecular flexibility index (Phi) is 2.47. The van der Waals surface area contributed by atoms with E-state index >= 15 is 0 Å². The Morgan fingerprint density at radius 1 is 1.18 bits per heavy atom. The van der Waals surface area contributed by atoms with Crippen LogP contribution in [0.2, 0.25) is 0 Å². The highest BCUT2D eigenvalue weighted by Gasteiger charge is 2.20. The van der Waals surface area contributed by atoms with Gasteiger partial charge in [0.1, 0.15) is 0 Å². The van der Waals surface area contributed by atoms with E-state index in [-0.39, 0.29) is 0 Å². The third-order valence-electron chi connectivity index (χ3n) is 3.02. The Morgan fingerprint density at radius 3 is 2.45 bits per heavy atom. The van der Waals surface area contributed by atoms with E-state index in [1.54, 1.807) is 0 Å². The van der Waals surface area contributed by atoms with Gasteiger partial charge in [0.05, 0.1) is 0 Å². The molecular formula is C10H18N. The van der Waals surface area contributed by atoms with Crippen molar-refractivity contribution in [3.63, 3.8) is 0 Å². The lowest BCUT2D eigenvalue weighted by molar-refractivity contribution is 0.182. The molecule has 1 radical (unpaired) electrons. The van der Waals surface area contributed by atoms with Gasteiger partial charge in [0.25, 0.3) is 0 Å². The van der Waals surface area contributed by atoms with Gasteiger partial charge in [-0.05, 0) is 25.2 Å². The zero-order valence-corrected chi connectivity index (χ0v) is 7.26. The molecule has 1 nitrogen and oxygen atoms in total. The number of hydrogen-bond donors (Lipinski definition) is 0. The van der Waals surface area contributed by atoms with Crippen molar-refractivity contribution in [2.75, 3.05) is 13.1 Å². The third kappa shape index (κ3) is 1.96. The Morgan fingerprint density at radius 2 is 1.91 bits per heavy atom. The van der Waals surface area contributed by atoms with Crippen LogP contribution in [0, 0.1) is 12.5 Å². The molecule has 1 aliphatic heterocycles. The standard InChI is InChI=1S/C10H18N/c1-2-5-10(6-3-1)9-11-7-4-8-11/h7,10H,1-6,8-9H2. The van der Waals surface area contributed by atoms with E-state index in [0.29, 0.717) is 0 Å². The fourth-order valence-electron chi connectivity index (χ4n) is 2.18. The van der Waals surface area contributed by atoms with Crippen LogP contribution in [0.1, 0.15) is 38.5 Å². The quantitative estimate of drug-likeness (QED) is 0.587. The van der Waals surface area contributed by atoms with Crippen molar-refractivity contribution in [2.45, 2.75) is 38.5 Å². The first-order chi connectivity index (χ1) is 5.45. The van der Waals surface area contributed by atoms with Crippen LogP contribution >= 0.6 is 0 Å². The highest BCUT2D eigenvalue weighted by molar-refractivity contribution is 4.83. The highest BCUT2D eigenvalue weighted by atomic mass is 15.2. The molecule has 0 N–H and O–H groups in total. The molecule has 0 unspecified atom stereocenters. The van der Waals surface area contributed by atoms with Crippen molar-refractivity contribution < 1.29 is 0 Å². The van der Waals surface area contributed by atoms with Gasteiger partial charge in [0.15, 0.2) is 0 Å². The van der Waals surface area contributed by atoms with Crippen LogP contribution in [0.5, 0.6) is 0 Å². The van der Waals surface area contributed by atoms with Gasteiger partial charge >= 0.3 is 0 Å². The molecule has 1 aliphatic carbocycles. The Hall–Kier alpha value is -0.0400. The second-order valence-electron chi connectivity index (χ2n) is 3.97. The summed E-state index contributed by atoms with van der Waals surface area (Å²) in [5.74, 6) is 1.03. The van der Waals surface area contributed by atoms with Crippen molar-refractivity contribution in [3.8, 4) is 0 Å². The van der Waals surface area contributed by atoms with Gasteiger partial charge in [-0.25, -0.2) is 0 Å². The van der Waals surface area contributed by atoms with Crippen molar-refractivity contribution in [1.29, 1.82) is 0 Å². The zero-order chi connectivity index (χ0) is 7.52. The fraction of sp³-hybridized carbons (Fsp3) is 0.900. The lowest BCUT2D eigenvalue weighted by Crippen LogP contribution is -2.36. The molecule has 0 atom stereocenters. The van der Waals surface area contributed by atoms with Crippen LogP contribution in [0.15, 0.2) is 0 Å². The molecule has 2 fully saturated rings. The molecule has 0 bridgehead atoms. The van der Waals surface area contributed by atoms with Crippen LogP contribution in [-0.4, -0.2) is 18.0 Å². The molecule has 0 spiro atoms. The molecule has 2 aliphatic rings. The summed E-state index contributed by atoms with van der Waals surface area (Å²) < 4.78 is 0. The van der Waals surface area contributed by atoms with Crippen LogP contribution in [-0.2, 0) is 0 Å². The monoisotopic (exact) mass is 152 g/mol. The molecule has 1 saturated carbocycles. The third-order valence-corrected chi connectivity index (χ3v) is 3.02. The molecule has 0 amide bonds. The molecule has 11 heavy (non-hydrogen) atoms. The van der Waals surface area contributed by atoms with E-state index in [9.17, 15) is 0 Å². The summed E-state index contributed by atoms with van der Waals surface area (Å²) in [6, 6.07) is 0. The second-order valence-corrected chi connectivity index (χ2v) is 3.97. The Labute approximate surface area is 69.8 Å². The predicted octanol–water partition coefficient (Wildman–Crippen LogP) is 2.43. The maximum Gasteiger partial charge on any atom is 0.0264 e. The minimum Gasteiger partial charge on any atom is -0.298 e. The first-order valence-corrected chi connectivity index (χ1v) is 5.02. The van der Waals surface area contributed by atoms with Gasteiger partial charge in [-0.3, -0.25) is 4.90 Å². The number of hydrogen-bond acceptors (Lipinski definition) is 1. The molecule has 1 heteroatoms. The molecule has 0 aromatic rings. The summed E-state index contributed by atoms with van der Waals surface area (Å²) in [5, 5.41) is 0. The largest absolute Gasteiger partial charge is 0.298 e. The number of likely N-dealkylation sites (tertiary alicyclic amines) is 1. The fourth-order valence-corrected chi connectivity index (χ4v) is 2.18. The summed E-state index contributed by atoms with van der Waals surface area (Å²) in [6.07, 6.45) is 8.76. The van der Waals surface area contributed by atoms with Gasteiger partial charge in [0.2, 0.25) is 0 Å². The van der Waals surface area contributed by atoms with E-state index in [1.807, 2.05) is 0 Å². The predicted molar refractivity (Wildman–Crippen MR) is 47.1 cm³/mol. The first kappa shape index (κ1) is 7.60. The van der Waals surface area contributed by atoms with Crippen molar-refractivity contribution in [3.05, 3.63) is 6.54 Å². The van der Waals surface area contributed by atoms with E-state index in [2.05, 4.69) is 11.4 Å². The lowest BCUT2D eigenvalue weighted by Gasteiger charge is -2.34. The van der Waals surface area contributed by atoms with Crippen LogP contribution in [0.25, 0.3) is 0 Å². The average Bonchev–Trinajstić information content (AvgIpc) is 1.99. The maximum atomic E-state index is 2.50. The van der Waals surface area contributed by atoms with Gasteiger partial charge in [0, 0.05) is 19.6 Å². The molecule has 63 valence electrons. The van der Waals surface area contributed by atoms with Gasteiger partial charge in [-0.15, -0.1) is 0 Å². The Bertz CT molecular complexity index is 112. The SMILES string of the molecule is [CH]1CCN1CC1CCCCC1. The summed E-state index contributed by atoms with van der Waals surface area (Å²) in [6.45, 7) is 5.05. The summed E-state index contributed by atoms with van der Waals surface area (Å²) in [5.41, 5.74) is 0. The van der Waals surface area contributed by atoms with E-state index in [1.165, 1.54) is 51.6 Å². The van der Waals surface area contributed by atoms with Crippen molar-refractivity contribution in [2.24, 2.45) is 5.92 Å². The van der Waals surface area contributed by atoms with Crippen molar-refractivity contribution in [1.82, 2.24) is 4.90 Å². The number of rotatable bonds is 2. The topological polar surface area (TPSA) is 3.24 Å². The van der Waals surface area contributed by atoms with Crippen LogP contribution < -0.4 is 0 Å². The lowest BCUT2D eigenvalue weighted by atomic mass is 9.88. The van der Waals surface area contributed by atoms with Crippen LogP contribution in [0.3, 0.4) is 0 Å². The average molecular weight is 152 g/mol. The maximum absolute atomic E-state index is 2.50. The molecule has 0 aromatic heterocycles.